The van der Waals surface area contributed by atoms with E-state index in [4.69, 9.17) is 17.0 Å². The van der Waals surface area contributed by atoms with Crippen LogP contribution >= 0.6 is 12.2 Å². The molecule has 13 nitrogen and oxygen atoms in total. The van der Waals surface area contributed by atoms with Gasteiger partial charge in [0.2, 0.25) is 11.9 Å². The van der Waals surface area contributed by atoms with Crippen molar-refractivity contribution in [2.75, 3.05) is 31.6 Å². The van der Waals surface area contributed by atoms with E-state index in [2.05, 4.69) is 31.2 Å². The Bertz CT molecular complexity index is 1510. The van der Waals surface area contributed by atoms with E-state index in [1.54, 1.807) is 0 Å². The molecule has 240 valence electrons. The molecule has 0 radical (unpaired) electrons. The lowest BCUT2D eigenvalue weighted by Crippen LogP contribution is -2.51. The quantitative estimate of drug-likeness (QED) is 0.141. The number of hydrogen-bond acceptors (Lipinski definition) is 8. The number of anilines is 1. The van der Waals surface area contributed by atoms with Crippen molar-refractivity contribution < 1.29 is 29.0 Å². The number of amides is 3. The van der Waals surface area contributed by atoms with E-state index in [1.807, 2.05) is 24.3 Å². The summed E-state index contributed by atoms with van der Waals surface area (Å²) in [6.45, 7) is 0.163. The predicted octanol–water partition coefficient (Wildman–Crippen LogP) is 2.35. The fourth-order valence-electron chi connectivity index (χ4n) is 9.20. The third-order valence-electron chi connectivity index (χ3n) is 11.0. The van der Waals surface area contributed by atoms with Crippen LogP contribution < -0.4 is 21.3 Å². The van der Waals surface area contributed by atoms with Crippen molar-refractivity contribution in [3.8, 4) is 0 Å². The molecule has 4 aliphatic carbocycles. The Kier molecular flexibility index (Phi) is 7.57. The molecule has 14 heteroatoms. The number of imidazole rings is 1. The first-order valence-corrected chi connectivity index (χ1v) is 16.3. The number of aliphatic carboxylic acids is 1. The molecule has 5 aliphatic rings. The van der Waals surface area contributed by atoms with E-state index in [0.29, 0.717) is 37.4 Å². The SMILES string of the molecule is O=C(CN1C(=O)[C@H](CCCNc2nc3ccccc3[nH]2)NC1=S)NC[C@H](NC(=O)OCC12CC3CC4CC(C1)C4(C3)C2)C(=O)O. The van der Waals surface area contributed by atoms with Crippen LogP contribution in [0, 0.1) is 28.6 Å². The Morgan fingerprint density at radius 1 is 1.18 bits per heavy atom. The molecule has 5 fully saturated rings. The van der Waals surface area contributed by atoms with E-state index >= 15 is 0 Å². The first-order valence-electron chi connectivity index (χ1n) is 15.9. The van der Waals surface area contributed by atoms with Gasteiger partial charge in [-0.25, -0.2) is 14.6 Å². The number of nitrogens with zero attached hydrogens (tertiary/aromatic N) is 2. The van der Waals surface area contributed by atoms with Crippen molar-refractivity contribution in [1.82, 2.24) is 30.8 Å². The van der Waals surface area contributed by atoms with Crippen molar-refractivity contribution in [3.05, 3.63) is 24.3 Å². The van der Waals surface area contributed by atoms with Gasteiger partial charge in [-0.3, -0.25) is 14.5 Å². The molecule has 1 spiro atoms. The molecule has 2 aromatic rings. The maximum Gasteiger partial charge on any atom is 0.407 e. The normalized spacial score (nSPS) is 31.3. The second kappa shape index (κ2) is 11.5. The zero-order valence-electron chi connectivity index (χ0n) is 25.0. The van der Waals surface area contributed by atoms with Crippen LogP contribution in [0.15, 0.2) is 24.3 Å². The smallest absolute Gasteiger partial charge is 0.407 e. The molecule has 1 aromatic carbocycles. The molecule has 7 rings (SSSR count). The summed E-state index contributed by atoms with van der Waals surface area (Å²) in [5.74, 6) is 0.745. The number of fused-ring (bicyclic) bond motifs is 3. The van der Waals surface area contributed by atoms with Gasteiger partial charge in [-0.1, -0.05) is 12.1 Å². The summed E-state index contributed by atoms with van der Waals surface area (Å²) in [5, 5.41) is 20.9. The average molecular weight is 638 g/mol. The lowest BCUT2D eigenvalue weighted by atomic mass is 9.55. The number of para-hydroxylation sites is 2. The van der Waals surface area contributed by atoms with Gasteiger partial charge in [0.1, 0.15) is 18.6 Å². The van der Waals surface area contributed by atoms with E-state index < -0.39 is 30.1 Å². The van der Waals surface area contributed by atoms with Crippen molar-refractivity contribution in [1.29, 1.82) is 0 Å². The maximum absolute atomic E-state index is 12.9. The van der Waals surface area contributed by atoms with Gasteiger partial charge in [0.05, 0.1) is 17.6 Å². The predicted molar refractivity (Wildman–Crippen MR) is 167 cm³/mol. The number of carboxylic acids is 1. The Hall–Kier alpha value is -3.94. The second-order valence-electron chi connectivity index (χ2n) is 13.8. The highest BCUT2D eigenvalue weighted by Crippen LogP contribution is 2.78. The number of alkyl carbamates (subject to hydrolysis) is 1. The Morgan fingerprint density at radius 2 is 2.02 bits per heavy atom. The summed E-state index contributed by atoms with van der Waals surface area (Å²) >= 11 is 5.29. The second-order valence-corrected chi connectivity index (χ2v) is 14.2. The molecule has 1 aliphatic heterocycles. The highest BCUT2D eigenvalue weighted by molar-refractivity contribution is 7.80. The van der Waals surface area contributed by atoms with Gasteiger partial charge in [-0.2, -0.15) is 0 Å². The average Bonchev–Trinajstić information content (AvgIpc) is 3.65. The first-order chi connectivity index (χ1) is 21.6. The third kappa shape index (κ3) is 5.57. The molecule has 5 unspecified atom stereocenters. The topological polar surface area (TPSA) is 178 Å². The number of hydrogen-bond donors (Lipinski definition) is 6. The number of nitrogens with one attached hydrogen (secondary N) is 5. The minimum absolute atomic E-state index is 0.0146. The van der Waals surface area contributed by atoms with Crippen LogP contribution in [0.4, 0.5) is 10.7 Å². The molecule has 45 heavy (non-hydrogen) atoms. The fourth-order valence-corrected chi connectivity index (χ4v) is 9.49. The number of aromatic nitrogens is 2. The van der Waals surface area contributed by atoms with Crippen LogP contribution in [0.25, 0.3) is 11.0 Å². The molecular formula is C31H39N7O6S. The van der Waals surface area contributed by atoms with Crippen molar-refractivity contribution in [2.24, 2.45) is 28.6 Å². The zero-order chi connectivity index (χ0) is 31.3. The van der Waals surface area contributed by atoms with Crippen molar-refractivity contribution >= 4 is 58.2 Å². The van der Waals surface area contributed by atoms with Crippen LogP contribution in [0.1, 0.15) is 51.4 Å². The minimum Gasteiger partial charge on any atom is -0.480 e. The van der Waals surface area contributed by atoms with Gasteiger partial charge in [-0.15, -0.1) is 0 Å². The number of rotatable bonds is 13. The zero-order valence-corrected chi connectivity index (χ0v) is 25.8. The minimum atomic E-state index is -1.38. The lowest BCUT2D eigenvalue weighted by Gasteiger charge is -2.49. The summed E-state index contributed by atoms with van der Waals surface area (Å²) in [7, 11) is 0. The van der Waals surface area contributed by atoms with Gasteiger partial charge in [-0.05, 0) is 98.9 Å². The fraction of sp³-hybridized carbons (Fsp3) is 0.613. The molecule has 6 N–H and O–H groups in total. The van der Waals surface area contributed by atoms with Crippen LogP contribution in [0.2, 0.25) is 0 Å². The van der Waals surface area contributed by atoms with Crippen LogP contribution in [-0.2, 0) is 19.1 Å². The van der Waals surface area contributed by atoms with Crippen LogP contribution in [0.3, 0.4) is 0 Å². The molecule has 7 atom stereocenters. The van der Waals surface area contributed by atoms with Gasteiger partial charge >= 0.3 is 12.1 Å². The summed E-state index contributed by atoms with van der Waals surface area (Å²) in [6, 6.07) is 5.76. The molecule has 4 saturated carbocycles. The summed E-state index contributed by atoms with van der Waals surface area (Å²) < 4.78 is 5.59. The van der Waals surface area contributed by atoms with Gasteiger partial charge in [0.15, 0.2) is 5.11 Å². The highest BCUT2D eigenvalue weighted by atomic mass is 32.1. The number of benzene rings is 1. The Morgan fingerprint density at radius 3 is 2.84 bits per heavy atom. The van der Waals surface area contributed by atoms with Crippen molar-refractivity contribution in [2.45, 2.75) is 63.5 Å². The summed E-state index contributed by atoms with van der Waals surface area (Å²) in [6.07, 6.45) is 7.56. The Balaban J connectivity index is 0.828. The molecule has 3 bridgehead atoms. The standard InChI is InChI=1S/C31H39N7O6S/c39-24(14-38-25(40)22(36-28(38)45)6-3-7-32-27-34-20-4-1-2-5-21(20)35-27)33-13-23(26(41)42)37-29(43)44-16-30-10-17-8-18-9-19(12-30)31(18,11-17)15-30/h1-2,4-5,17-19,22-23H,3,6-16H2,(H,33,39)(H,36,45)(H,37,43)(H,41,42)(H2,32,34,35)/t17?,18?,19?,22-,23-,30?,31?/m0/s1. The molecular weight excluding hydrogens is 598 g/mol. The number of aromatic amines is 1. The molecule has 2 heterocycles. The maximum atomic E-state index is 12.9. The first kappa shape index (κ1) is 29.8. The largest absolute Gasteiger partial charge is 0.480 e. The third-order valence-corrected chi connectivity index (χ3v) is 11.3. The molecule has 3 amide bonds. The van der Waals surface area contributed by atoms with Gasteiger partial charge in [0.25, 0.3) is 5.91 Å². The molecule has 1 saturated heterocycles. The van der Waals surface area contributed by atoms with E-state index in [9.17, 15) is 24.3 Å². The number of ether oxygens (including phenoxy) is 1. The number of thiocarbonyl (C=S) groups is 1. The number of carbonyl (C=O) groups excluding carboxylic acids is 3. The van der Waals surface area contributed by atoms with Crippen LogP contribution in [0.5, 0.6) is 0 Å². The monoisotopic (exact) mass is 637 g/mol. The van der Waals surface area contributed by atoms with Gasteiger partial charge < -0.3 is 36.1 Å². The van der Waals surface area contributed by atoms with E-state index in [0.717, 1.165) is 48.0 Å². The van der Waals surface area contributed by atoms with E-state index in [-0.39, 0.29) is 29.5 Å². The number of H-pyrrole nitrogens is 1. The number of carbonyl (C=O) groups is 4. The number of carboxylic acid groups (broad SMARTS) is 1. The highest BCUT2D eigenvalue weighted by Gasteiger charge is 2.70. The summed E-state index contributed by atoms with van der Waals surface area (Å²) in [4.78, 5) is 58.9. The Labute approximate surface area is 265 Å². The van der Waals surface area contributed by atoms with Crippen LogP contribution in [-0.4, -0.2) is 87.3 Å². The van der Waals surface area contributed by atoms with Gasteiger partial charge in [0, 0.05) is 18.5 Å². The van der Waals surface area contributed by atoms with E-state index in [1.165, 1.54) is 24.2 Å². The summed E-state index contributed by atoms with van der Waals surface area (Å²) in [5.41, 5.74) is 2.28. The molecule has 1 aromatic heterocycles. The lowest BCUT2D eigenvalue weighted by molar-refractivity contribution is -0.139. The van der Waals surface area contributed by atoms with Crippen molar-refractivity contribution in [3.63, 3.8) is 0 Å².